The fourth-order valence-electron chi connectivity index (χ4n) is 2.36. The summed E-state index contributed by atoms with van der Waals surface area (Å²) in [5, 5.41) is 3.53. The van der Waals surface area contributed by atoms with Gasteiger partial charge in [-0.3, -0.25) is 0 Å². The van der Waals surface area contributed by atoms with Gasteiger partial charge in [-0.25, -0.2) is 0 Å². The molecule has 0 spiro atoms. The number of halogens is 1. The third-order valence-corrected chi connectivity index (χ3v) is 3.12. The molecule has 0 aromatic carbocycles. The summed E-state index contributed by atoms with van der Waals surface area (Å²) in [5.74, 6) is 0.655. The molecular weight excluding hydrogens is 264 g/mol. The second-order valence-corrected chi connectivity index (χ2v) is 4.83. The predicted molar refractivity (Wildman–Crippen MR) is 74.9 cm³/mol. The Labute approximate surface area is 109 Å². The number of nitrogens with zero attached hydrogens (tertiary/aromatic N) is 1. The lowest BCUT2D eigenvalue weighted by Crippen LogP contribution is -2.16. The summed E-state index contributed by atoms with van der Waals surface area (Å²) in [7, 11) is 0. The van der Waals surface area contributed by atoms with E-state index in [1.807, 2.05) is 0 Å². The van der Waals surface area contributed by atoms with Crippen molar-refractivity contribution in [2.75, 3.05) is 0 Å². The fourth-order valence-corrected chi connectivity index (χ4v) is 2.36. The van der Waals surface area contributed by atoms with Crippen LogP contribution in [0.15, 0.2) is 18.0 Å². The molecule has 0 saturated carbocycles. The van der Waals surface area contributed by atoms with Gasteiger partial charge in [0.1, 0.15) is 0 Å². The molecule has 1 fully saturated rings. The van der Waals surface area contributed by atoms with Crippen LogP contribution in [0.2, 0.25) is 0 Å². The van der Waals surface area contributed by atoms with Crippen LogP contribution in [-0.4, -0.2) is 10.6 Å². The number of hydrogen-bond donors (Lipinski definition) is 1. The van der Waals surface area contributed by atoms with Crippen molar-refractivity contribution < 1.29 is 0 Å². The molecule has 2 rings (SSSR count). The first-order chi connectivity index (χ1) is 7.06. The summed E-state index contributed by atoms with van der Waals surface area (Å²) < 4.78 is 2.21. The number of nitrogens with one attached hydrogen (secondary N) is 1. The van der Waals surface area contributed by atoms with Gasteiger partial charge in [0.05, 0.1) is 0 Å². The molecule has 0 bridgehead atoms. The number of allylic oxidation sites excluding steroid dienone is 1. The van der Waals surface area contributed by atoms with E-state index in [1.165, 1.54) is 23.4 Å². The summed E-state index contributed by atoms with van der Waals surface area (Å²) in [6.07, 6.45) is 5.65. The lowest BCUT2D eigenvalue weighted by molar-refractivity contribution is 0.628. The molecule has 90 valence electrons. The van der Waals surface area contributed by atoms with Crippen molar-refractivity contribution in [3.8, 4) is 0 Å². The van der Waals surface area contributed by atoms with Gasteiger partial charge in [0.25, 0.3) is 0 Å². The van der Waals surface area contributed by atoms with E-state index in [-0.39, 0.29) is 17.0 Å². The Hall–Kier alpha value is -0.700. The summed E-state index contributed by atoms with van der Waals surface area (Å²) in [4.78, 5) is 0. The second-order valence-electron chi connectivity index (χ2n) is 4.83. The van der Waals surface area contributed by atoms with Crippen LogP contribution in [0.3, 0.4) is 0 Å². The van der Waals surface area contributed by atoms with Crippen LogP contribution in [0.4, 0.5) is 0 Å². The zero-order valence-corrected chi connectivity index (χ0v) is 12.2. The third-order valence-electron chi connectivity index (χ3n) is 3.12. The lowest BCUT2D eigenvalue weighted by Gasteiger charge is -2.07. The van der Waals surface area contributed by atoms with Crippen LogP contribution in [0, 0.1) is 19.8 Å². The van der Waals surface area contributed by atoms with Crippen molar-refractivity contribution >= 4 is 23.2 Å². The van der Waals surface area contributed by atoms with Gasteiger partial charge in [-0.1, -0.05) is 6.92 Å². The molecule has 3 heteroatoms. The summed E-state index contributed by atoms with van der Waals surface area (Å²) in [6, 6.07) is 2.82. The van der Waals surface area contributed by atoms with E-state index < -0.39 is 0 Å². The minimum absolute atomic E-state index is 0. The molecule has 0 radical (unpaired) electrons. The fraction of sp³-hybridized carbons (Fsp3) is 0.538. The van der Waals surface area contributed by atoms with Gasteiger partial charge in [-0.05, 0) is 44.7 Å². The average Bonchev–Trinajstić information content (AvgIpc) is 2.58. The van der Waals surface area contributed by atoms with Crippen molar-refractivity contribution in [1.29, 1.82) is 0 Å². The lowest BCUT2D eigenvalue weighted by atomic mass is 10.1. The van der Waals surface area contributed by atoms with Crippen LogP contribution in [-0.2, 0) is 0 Å². The highest BCUT2D eigenvalue weighted by Gasteiger charge is 2.21. The molecule has 0 aliphatic carbocycles. The first-order valence-electron chi connectivity index (χ1n) is 5.69. The minimum Gasteiger partial charge on any atom is -0.384 e. The van der Waals surface area contributed by atoms with Gasteiger partial charge in [0.2, 0.25) is 0 Å². The van der Waals surface area contributed by atoms with E-state index >= 15 is 0 Å². The van der Waals surface area contributed by atoms with Crippen molar-refractivity contribution in [2.24, 2.45) is 5.92 Å². The second kappa shape index (κ2) is 5.09. The Bertz CT molecular complexity index is 393. The summed E-state index contributed by atoms with van der Waals surface area (Å²) >= 11 is 0. The molecule has 2 heterocycles. The number of rotatable bonds is 1. The first-order valence-corrected chi connectivity index (χ1v) is 5.69. The van der Waals surface area contributed by atoms with Crippen molar-refractivity contribution in [2.45, 2.75) is 40.2 Å². The largest absolute Gasteiger partial charge is 0.384 e. The number of aromatic nitrogens is 1. The van der Waals surface area contributed by atoms with Gasteiger partial charge in [0.15, 0.2) is 0 Å². The highest BCUT2D eigenvalue weighted by Crippen LogP contribution is 2.24. The van der Waals surface area contributed by atoms with E-state index in [0.29, 0.717) is 12.0 Å². The third kappa shape index (κ3) is 2.70. The van der Waals surface area contributed by atoms with Gasteiger partial charge in [-0.2, -0.15) is 0 Å². The van der Waals surface area contributed by atoms with Gasteiger partial charge >= 0.3 is 0 Å². The Morgan fingerprint density at radius 1 is 1.38 bits per heavy atom. The highest BCUT2D eigenvalue weighted by atomic mass is 79.9. The Morgan fingerprint density at radius 2 is 2.06 bits per heavy atom. The van der Waals surface area contributed by atoms with Crippen LogP contribution in [0.1, 0.15) is 31.5 Å². The Morgan fingerprint density at radius 3 is 2.50 bits per heavy atom. The SMILES string of the molecule is Br.Cc1cc(C)n(/C=C2/NC(C)CC2C)c1. The van der Waals surface area contributed by atoms with E-state index in [9.17, 15) is 0 Å². The van der Waals surface area contributed by atoms with Gasteiger partial charge in [0, 0.05) is 29.8 Å². The zero-order chi connectivity index (χ0) is 11.0. The molecule has 16 heavy (non-hydrogen) atoms. The Balaban J connectivity index is 0.00000128. The standard InChI is InChI=1S/C13H20N2.BrH/c1-9-5-12(4)15(7-9)8-13-10(2)6-11(3)14-13;/h5,7-8,10-11,14H,6H2,1-4H3;1H/b13-8+;. The quantitative estimate of drug-likeness (QED) is 0.835. The molecule has 1 aromatic rings. The highest BCUT2D eigenvalue weighted by molar-refractivity contribution is 8.93. The van der Waals surface area contributed by atoms with Crippen molar-refractivity contribution in [3.05, 3.63) is 29.2 Å². The average molecular weight is 285 g/mol. The molecule has 1 saturated heterocycles. The normalized spacial score (nSPS) is 26.6. The minimum atomic E-state index is 0. The number of aryl methyl sites for hydroxylation is 2. The summed E-state index contributed by atoms with van der Waals surface area (Å²) in [6.45, 7) is 8.81. The molecule has 1 aliphatic rings. The molecule has 0 amide bonds. The molecule has 1 N–H and O–H groups in total. The first kappa shape index (κ1) is 13.4. The van der Waals surface area contributed by atoms with Crippen molar-refractivity contribution in [3.63, 3.8) is 0 Å². The van der Waals surface area contributed by atoms with Crippen LogP contribution >= 0.6 is 17.0 Å². The summed E-state index contributed by atoms with van der Waals surface area (Å²) in [5.41, 5.74) is 3.98. The maximum Gasteiger partial charge on any atom is 0.0307 e. The van der Waals surface area contributed by atoms with E-state index in [4.69, 9.17) is 0 Å². The van der Waals surface area contributed by atoms with E-state index in [2.05, 4.69) is 56.0 Å². The van der Waals surface area contributed by atoms with Crippen LogP contribution in [0.25, 0.3) is 6.20 Å². The van der Waals surface area contributed by atoms with Crippen LogP contribution in [0.5, 0.6) is 0 Å². The molecular formula is C13H21BrN2. The molecule has 1 aromatic heterocycles. The van der Waals surface area contributed by atoms with Gasteiger partial charge < -0.3 is 9.88 Å². The van der Waals surface area contributed by atoms with Crippen molar-refractivity contribution in [1.82, 2.24) is 9.88 Å². The number of hydrogen-bond acceptors (Lipinski definition) is 1. The smallest absolute Gasteiger partial charge is 0.0307 e. The molecule has 2 nitrogen and oxygen atoms in total. The topological polar surface area (TPSA) is 17.0 Å². The Kier molecular flexibility index (Phi) is 4.25. The van der Waals surface area contributed by atoms with Gasteiger partial charge in [-0.15, -0.1) is 17.0 Å². The van der Waals surface area contributed by atoms with E-state index in [0.717, 1.165) is 0 Å². The maximum absolute atomic E-state index is 3.53. The maximum atomic E-state index is 3.53. The zero-order valence-electron chi connectivity index (χ0n) is 10.4. The molecule has 1 aliphatic heterocycles. The van der Waals surface area contributed by atoms with Crippen LogP contribution < -0.4 is 5.32 Å². The molecule has 2 atom stereocenters. The monoisotopic (exact) mass is 284 g/mol. The predicted octanol–water partition coefficient (Wildman–Crippen LogP) is 3.50. The molecule has 2 unspecified atom stereocenters. The van der Waals surface area contributed by atoms with E-state index in [1.54, 1.807) is 0 Å².